The Morgan fingerprint density at radius 3 is 2.88 bits per heavy atom. The van der Waals surface area contributed by atoms with Gasteiger partial charge in [-0.25, -0.2) is 4.39 Å². The number of carbonyl (C=O) groups is 1. The van der Waals surface area contributed by atoms with Gasteiger partial charge >= 0.3 is 5.97 Å². The lowest BCUT2D eigenvalue weighted by molar-refractivity contribution is -0.145. The van der Waals surface area contributed by atoms with Crippen LogP contribution in [-0.4, -0.2) is 40.7 Å². The van der Waals surface area contributed by atoms with Crippen LogP contribution in [-0.2, 0) is 4.79 Å². The zero-order valence-electron chi connectivity index (χ0n) is 14.1. The molecule has 1 aromatic carbocycles. The van der Waals surface area contributed by atoms with Crippen molar-refractivity contribution >= 4 is 5.97 Å². The summed E-state index contributed by atoms with van der Waals surface area (Å²) in [7, 11) is 1.52. The van der Waals surface area contributed by atoms with Crippen molar-refractivity contribution in [3.8, 4) is 5.75 Å². The third-order valence-electron chi connectivity index (χ3n) is 4.62. The zero-order chi connectivity index (χ0) is 17.8. The third-order valence-corrected chi connectivity index (χ3v) is 4.62. The van der Waals surface area contributed by atoms with Gasteiger partial charge in [0.2, 0.25) is 0 Å². The van der Waals surface area contributed by atoms with Gasteiger partial charge < -0.3 is 9.84 Å². The van der Waals surface area contributed by atoms with Gasteiger partial charge in [-0.15, -0.1) is 0 Å². The fraction of sp³-hybridized carbons (Fsp3) is 0.368. The minimum atomic E-state index is -0.865. The molecule has 132 valence electrons. The normalized spacial score (nSPS) is 19.4. The summed E-state index contributed by atoms with van der Waals surface area (Å²) < 4.78 is 19.4. The van der Waals surface area contributed by atoms with E-state index in [4.69, 9.17) is 4.74 Å². The smallest absolute Gasteiger partial charge is 0.320 e. The summed E-state index contributed by atoms with van der Waals surface area (Å²) in [6.07, 6.45) is 3.98. The van der Waals surface area contributed by atoms with Crippen LogP contribution in [0.5, 0.6) is 5.75 Å². The Kier molecular flexibility index (Phi) is 5.28. The van der Waals surface area contributed by atoms with Crippen LogP contribution in [0.25, 0.3) is 0 Å². The van der Waals surface area contributed by atoms with E-state index in [0.717, 1.165) is 12.8 Å². The number of carboxylic acid groups (broad SMARTS) is 1. The second-order valence-corrected chi connectivity index (χ2v) is 6.13. The van der Waals surface area contributed by atoms with Crippen LogP contribution in [0.15, 0.2) is 42.6 Å². The third kappa shape index (κ3) is 3.64. The minimum Gasteiger partial charge on any atom is -0.496 e. The lowest BCUT2D eigenvalue weighted by Gasteiger charge is -2.39. The first-order chi connectivity index (χ1) is 12.1. The van der Waals surface area contributed by atoms with Crippen LogP contribution >= 0.6 is 0 Å². The maximum atomic E-state index is 14.0. The standard InChI is InChI=1S/C19H21FN2O3/c1-25-17-9-8-13(20)12-14(17)18(15-6-2-4-10-21-15)22-11-5-3-7-16(22)19(23)24/h2,4,6,8-10,12,16,18H,3,5,7,11H2,1H3,(H,23,24). The van der Waals surface area contributed by atoms with Gasteiger partial charge in [0.25, 0.3) is 0 Å². The molecule has 1 aliphatic heterocycles. The topological polar surface area (TPSA) is 62.7 Å². The number of pyridine rings is 1. The molecule has 0 radical (unpaired) electrons. The molecule has 1 aliphatic rings. The number of halogens is 1. The van der Waals surface area contributed by atoms with E-state index in [1.807, 2.05) is 17.0 Å². The van der Waals surface area contributed by atoms with Crippen molar-refractivity contribution in [2.45, 2.75) is 31.3 Å². The summed E-state index contributed by atoms with van der Waals surface area (Å²) in [4.78, 5) is 18.1. The molecule has 25 heavy (non-hydrogen) atoms. The summed E-state index contributed by atoms with van der Waals surface area (Å²) in [5.41, 5.74) is 1.27. The molecule has 2 atom stereocenters. The Morgan fingerprint density at radius 1 is 1.36 bits per heavy atom. The number of aliphatic carboxylic acids is 1. The Morgan fingerprint density at radius 2 is 2.20 bits per heavy atom. The molecule has 2 heterocycles. The van der Waals surface area contributed by atoms with E-state index in [2.05, 4.69) is 4.98 Å². The first kappa shape index (κ1) is 17.4. The van der Waals surface area contributed by atoms with Crippen molar-refractivity contribution < 1.29 is 19.0 Å². The molecule has 0 spiro atoms. The first-order valence-electron chi connectivity index (χ1n) is 8.34. The number of benzene rings is 1. The van der Waals surface area contributed by atoms with Crippen LogP contribution in [0, 0.1) is 5.82 Å². The molecule has 1 saturated heterocycles. The van der Waals surface area contributed by atoms with Gasteiger partial charge in [-0.2, -0.15) is 0 Å². The maximum Gasteiger partial charge on any atom is 0.320 e. The van der Waals surface area contributed by atoms with Crippen LogP contribution < -0.4 is 4.74 Å². The quantitative estimate of drug-likeness (QED) is 0.902. The van der Waals surface area contributed by atoms with E-state index in [0.29, 0.717) is 30.0 Å². The number of carboxylic acids is 1. The molecule has 2 aromatic rings. The fourth-order valence-electron chi connectivity index (χ4n) is 3.49. The highest BCUT2D eigenvalue weighted by molar-refractivity contribution is 5.73. The van der Waals surface area contributed by atoms with Crippen molar-refractivity contribution in [2.24, 2.45) is 0 Å². The molecule has 0 bridgehead atoms. The van der Waals surface area contributed by atoms with Crippen LogP contribution in [0.2, 0.25) is 0 Å². The van der Waals surface area contributed by atoms with E-state index >= 15 is 0 Å². The molecular weight excluding hydrogens is 323 g/mol. The van der Waals surface area contributed by atoms with Gasteiger partial charge in [0, 0.05) is 11.8 Å². The summed E-state index contributed by atoms with van der Waals surface area (Å²) >= 11 is 0. The molecule has 2 unspecified atom stereocenters. The zero-order valence-corrected chi connectivity index (χ0v) is 14.1. The second-order valence-electron chi connectivity index (χ2n) is 6.13. The van der Waals surface area contributed by atoms with Gasteiger partial charge in [0.1, 0.15) is 17.6 Å². The molecule has 5 nitrogen and oxygen atoms in total. The largest absolute Gasteiger partial charge is 0.496 e. The van der Waals surface area contributed by atoms with Crippen molar-refractivity contribution in [1.29, 1.82) is 0 Å². The van der Waals surface area contributed by atoms with Gasteiger partial charge in [0.05, 0.1) is 18.8 Å². The Bertz CT molecular complexity index is 739. The molecule has 1 aromatic heterocycles. The minimum absolute atomic E-state index is 0.388. The average Bonchev–Trinajstić information content (AvgIpc) is 2.63. The van der Waals surface area contributed by atoms with E-state index in [-0.39, 0.29) is 5.82 Å². The monoisotopic (exact) mass is 344 g/mol. The molecule has 1 fully saturated rings. The summed E-state index contributed by atoms with van der Waals surface area (Å²) in [6.45, 7) is 0.609. The van der Waals surface area contributed by atoms with Gasteiger partial charge in [-0.1, -0.05) is 12.5 Å². The highest BCUT2D eigenvalue weighted by Crippen LogP contribution is 2.37. The average molecular weight is 344 g/mol. The number of aromatic nitrogens is 1. The van der Waals surface area contributed by atoms with E-state index in [9.17, 15) is 14.3 Å². The van der Waals surface area contributed by atoms with Gasteiger partial charge in [0.15, 0.2) is 0 Å². The Labute approximate surface area is 146 Å². The molecule has 3 rings (SSSR count). The SMILES string of the molecule is COc1ccc(F)cc1C(c1ccccn1)N1CCCCC1C(=O)O. The number of nitrogens with zero attached hydrogens (tertiary/aromatic N) is 2. The van der Waals surface area contributed by atoms with Crippen LogP contribution in [0.1, 0.15) is 36.6 Å². The molecule has 0 amide bonds. The molecular formula is C19H21FN2O3. The highest BCUT2D eigenvalue weighted by atomic mass is 19.1. The first-order valence-corrected chi connectivity index (χ1v) is 8.34. The predicted molar refractivity (Wildman–Crippen MR) is 91.0 cm³/mol. The lowest BCUT2D eigenvalue weighted by atomic mass is 9.93. The number of likely N-dealkylation sites (tertiary alicyclic amines) is 1. The van der Waals surface area contributed by atoms with E-state index in [1.54, 1.807) is 18.3 Å². The van der Waals surface area contributed by atoms with Crippen molar-refractivity contribution in [3.05, 3.63) is 59.7 Å². The molecule has 0 saturated carbocycles. The van der Waals surface area contributed by atoms with Crippen molar-refractivity contribution in [1.82, 2.24) is 9.88 Å². The second kappa shape index (κ2) is 7.61. The van der Waals surface area contributed by atoms with Gasteiger partial charge in [-0.05, 0) is 49.7 Å². The molecule has 0 aliphatic carbocycles. The number of hydrogen-bond donors (Lipinski definition) is 1. The number of hydrogen-bond acceptors (Lipinski definition) is 4. The maximum absolute atomic E-state index is 14.0. The number of rotatable bonds is 5. The van der Waals surface area contributed by atoms with E-state index in [1.165, 1.54) is 19.2 Å². The van der Waals surface area contributed by atoms with Crippen LogP contribution in [0.4, 0.5) is 4.39 Å². The summed E-state index contributed by atoms with van der Waals surface area (Å²) in [6, 6.07) is 8.69. The highest BCUT2D eigenvalue weighted by Gasteiger charge is 2.37. The molecule has 1 N–H and O–H groups in total. The van der Waals surface area contributed by atoms with Crippen molar-refractivity contribution in [3.63, 3.8) is 0 Å². The lowest BCUT2D eigenvalue weighted by Crippen LogP contribution is -2.47. The van der Waals surface area contributed by atoms with Crippen molar-refractivity contribution in [2.75, 3.05) is 13.7 Å². The number of methoxy groups -OCH3 is 1. The number of piperidine rings is 1. The van der Waals surface area contributed by atoms with Crippen LogP contribution in [0.3, 0.4) is 0 Å². The fourth-order valence-corrected chi connectivity index (χ4v) is 3.49. The Hall–Kier alpha value is -2.47. The Balaban J connectivity index is 2.14. The number of ether oxygens (including phenoxy) is 1. The molecule has 6 heteroatoms. The van der Waals surface area contributed by atoms with E-state index < -0.39 is 18.1 Å². The summed E-state index contributed by atoms with van der Waals surface area (Å²) in [5.74, 6) is -0.733. The predicted octanol–water partition coefficient (Wildman–Crippen LogP) is 3.26. The summed E-state index contributed by atoms with van der Waals surface area (Å²) in [5, 5.41) is 9.67. The van der Waals surface area contributed by atoms with Gasteiger partial charge in [-0.3, -0.25) is 14.7 Å².